The summed E-state index contributed by atoms with van der Waals surface area (Å²) in [6, 6.07) is 0. The first kappa shape index (κ1) is 16.7. The fourth-order valence-electron chi connectivity index (χ4n) is 2.76. The van der Waals surface area contributed by atoms with Crippen LogP contribution in [0.4, 0.5) is 0 Å². The normalized spacial score (nSPS) is 28.0. The first-order chi connectivity index (χ1) is 9.91. The molecule has 0 unspecified atom stereocenters. The van der Waals surface area contributed by atoms with Gasteiger partial charge in [-0.1, -0.05) is 0 Å². The number of hydrogen-bond donors (Lipinski definition) is 1. The number of carbonyl (C=O) groups is 1. The highest BCUT2D eigenvalue weighted by Crippen LogP contribution is 2.20. The van der Waals surface area contributed by atoms with Crippen molar-refractivity contribution in [3.8, 4) is 0 Å². The highest BCUT2D eigenvalue weighted by atomic mass is 32.2. The molecule has 2 atom stereocenters. The molecule has 2 aliphatic heterocycles. The fraction of sp³-hybridized carbons (Fsp3) is 0.923. The van der Waals surface area contributed by atoms with Crippen molar-refractivity contribution in [1.29, 1.82) is 0 Å². The van der Waals surface area contributed by atoms with Gasteiger partial charge in [-0.2, -0.15) is 17.0 Å². The van der Waals surface area contributed by atoms with E-state index in [4.69, 9.17) is 4.74 Å². The first-order valence-electron chi connectivity index (χ1n) is 7.48. The summed E-state index contributed by atoms with van der Waals surface area (Å²) in [7, 11) is -0.414. The van der Waals surface area contributed by atoms with Crippen molar-refractivity contribution < 1.29 is 17.9 Å². The van der Waals surface area contributed by atoms with Crippen LogP contribution in [0.1, 0.15) is 25.7 Å². The molecule has 0 spiro atoms. The van der Waals surface area contributed by atoms with E-state index in [9.17, 15) is 13.2 Å². The number of hydrogen-bond acceptors (Lipinski definition) is 4. The van der Waals surface area contributed by atoms with Gasteiger partial charge < -0.3 is 10.1 Å². The van der Waals surface area contributed by atoms with Gasteiger partial charge in [0.15, 0.2) is 0 Å². The Morgan fingerprint density at radius 2 is 2.10 bits per heavy atom. The highest BCUT2D eigenvalue weighted by Gasteiger charge is 2.33. The van der Waals surface area contributed by atoms with Gasteiger partial charge in [0.2, 0.25) is 5.91 Å². The van der Waals surface area contributed by atoms with Gasteiger partial charge in [0.05, 0.1) is 12.0 Å². The number of ether oxygens (including phenoxy) is 1. The summed E-state index contributed by atoms with van der Waals surface area (Å²) in [5.41, 5.74) is 0. The molecule has 0 aliphatic carbocycles. The zero-order valence-corrected chi connectivity index (χ0v) is 13.6. The Morgan fingerprint density at radius 3 is 2.71 bits per heavy atom. The van der Waals surface area contributed by atoms with Crippen molar-refractivity contribution in [1.82, 2.24) is 13.9 Å². The van der Waals surface area contributed by atoms with Crippen LogP contribution in [0.15, 0.2) is 0 Å². The molecule has 2 rings (SSSR count). The zero-order valence-electron chi connectivity index (χ0n) is 12.7. The molecule has 2 aliphatic rings. The summed E-state index contributed by atoms with van der Waals surface area (Å²) < 4.78 is 32.3. The SMILES string of the molecule is CN(C)S(=O)(=O)N1CCC[C@H](C(=O)NC[C@@H]2CCCO2)C1. The molecule has 1 N–H and O–H groups in total. The lowest BCUT2D eigenvalue weighted by molar-refractivity contribution is -0.126. The van der Waals surface area contributed by atoms with Crippen LogP contribution in [0, 0.1) is 5.92 Å². The summed E-state index contributed by atoms with van der Waals surface area (Å²) in [5, 5.41) is 2.90. The Labute approximate surface area is 126 Å². The maximum Gasteiger partial charge on any atom is 0.281 e. The summed E-state index contributed by atoms with van der Waals surface area (Å²) in [4.78, 5) is 12.2. The lowest BCUT2D eigenvalue weighted by Gasteiger charge is -2.32. The van der Waals surface area contributed by atoms with Gasteiger partial charge in [0, 0.05) is 40.3 Å². The monoisotopic (exact) mass is 319 g/mol. The Balaban J connectivity index is 1.86. The zero-order chi connectivity index (χ0) is 15.5. The molecule has 7 nitrogen and oxygen atoms in total. The van der Waals surface area contributed by atoms with Crippen LogP contribution < -0.4 is 5.32 Å². The van der Waals surface area contributed by atoms with E-state index < -0.39 is 10.2 Å². The van der Waals surface area contributed by atoms with E-state index in [1.165, 1.54) is 22.7 Å². The fourth-order valence-corrected chi connectivity index (χ4v) is 3.95. The van der Waals surface area contributed by atoms with Crippen LogP contribution in [0.25, 0.3) is 0 Å². The smallest absolute Gasteiger partial charge is 0.281 e. The largest absolute Gasteiger partial charge is 0.376 e. The maximum atomic E-state index is 12.2. The molecular weight excluding hydrogens is 294 g/mol. The van der Waals surface area contributed by atoms with E-state index >= 15 is 0 Å². The molecule has 8 heteroatoms. The first-order valence-corrected chi connectivity index (χ1v) is 8.88. The molecule has 122 valence electrons. The topological polar surface area (TPSA) is 79.0 Å². The standard InChI is InChI=1S/C13H25N3O4S/c1-15(2)21(18,19)16-7-3-5-11(10-16)13(17)14-9-12-6-4-8-20-12/h11-12H,3-10H2,1-2H3,(H,14,17)/t11-,12-/m0/s1. The lowest BCUT2D eigenvalue weighted by Crippen LogP contribution is -2.49. The number of amides is 1. The molecular formula is C13H25N3O4S. The second kappa shape index (κ2) is 7.04. The highest BCUT2D eigenvalue weighted by molar-refractivity contribution is 7.86. The number of piperidine rings is 1. The van der Waals surface area contributed by atoms with Crippen LogP contribution >= 0.6 is 0 Å². The minimum Gasteiger partial charge on any atom is -0.376 e. The summed E-state index contributed by atoms with van der Waals surface area (Å²) in [6.07, 6.45) is 3.58. The van der Waals surface area contributed by atoms with Crippen LogP contribution in [-0.4, -0.2) is 69.4 Å². The van der Waals surface area contributed by atoms with Crippen molar-refractivity contribution in [2.24, 2.45) is 5.92 Å². The minimum absolute atomic E-state index is 0.0656. The Bertz CT molecular complexity index is 460. The van der Waals surface area contributed by atoms with Crippen molar-refractivity contribution in [2.45, 2.75) is 31.8 Å². The second-order valence-electron chi connectivity index (χ2n) is 5.87. The molecule has 0 radical (unpaired) electrons. The lowest BCUT2D eigenvalue weighted by atomic mass is 9.99. The van der Waals surface area contributed by atoms with E-state index in [0.29, 0.717) is 19.5 Å². The van der Waals surface area contributed by atoms with Crippen LogP contribution in [0.2, 0.25) is 0 Å². The third-order valence-corrected chi connectivity index (χ3v) is 5.98. The van der Waals surface area contributed by atoms with Gasteiger partial charge in [0.1, 0.15) is 0 Å². The number of rotatable bonds is 5. The van der Waals surface area contributed by atoms with Crippen molar-refractivity contribution in [3.05, 3.63) is 0 Å². The van der Waals surface area contributed by atoms with Crippen molar-refractivity contribution in [3.63, 3.8) is 0 Å². The molecule has 1 amide bonds. The number of nitrogens with one attached hydrogen (secondary N) is 1. The Morgan fingerprint density at radius 1 is 1.33 bits per heavy atom. The van der Waals surface area contributed by atoms with E-state index in [0.717, 1.165) is 25.9 Å². The second-order valence-corrected chi connectivity index (χ2v) is 8.01. The third kappa shape index (κ3) is 4.15. The summed E-state index contributed by atoms with van der Waals surface area (Å²) >= 11 is 0. The molecule has 2 heterocycles. The molecule has 0 aromatic carbocycles. The molecule has 0 saturated carbocycles. The van der Waals surface area contributed by atoms with Gasteiger partial charge in [-0.05, 0) is 25.7 Å². The Kier molecular flexibility index (Phi) is 5.59. The van der Waals surface area contributed by atoms with Gasteiger partial charge >= 0.3 is 0 Å². The van der Waals surface area contributed by atoms with Crippen molar-refractivity contribution in [2.75, 3.05) is 40.3 Å². The average molecular weight is 319 g/mol. The number of nitrogens with zero attached hydrogens (tertiary/aromatic N) is 2. The van der Waals surface area contributed by atoms with E-state index in [1.807, 2.05) is 0 Å². The molecule has 0 bridgehead atoms. The van der Waals surface area contributed by atoms with E-state index in [1.54, 1.807) is 0 Å². The summed E-state index contributed by atoms with van der Waals surface area (Å²) in [6.45, 7) is 2.03. The van der Waals surface area contributed by atoms with Crippen LogP contribution in [0.3, 0.4) is 0 Å². The maximum absolute atomic E-state index is 12.2. The molecule has 2 saturated heterocycles. The number of carbonyl (C=O) groups excluding carboxylic acids is 1. The van der Waals surface area contributed by atoms with Gasteiger partial charge in [-0.3, -0.25) is 4.79 Å². The van der Waals surface area contributed by atoms with E-state index in [2.05, 4.69) is 5.32 Å². The van der Waals surface area contributed by atoms with Gasteiger partial charge in [-0.25, -0.2) is 0 Å². The van der Waals surface area contributed by atoms with E-state index in [-0.39, 0.29) is 24.5 Å². The Hall–Kier alpha value is -0.700. The van der Waals surface area contributed by atoms with Gasteiger partial charge in [-0.15, -0.1) is 0 Å². The van der Waals surface area contributed by atoms with Crippen LogP contribution in [-0.2, 0) is 19.7 Å². The predicted molar refractivity (Wildman–Crippen MR) is 78.9 cm³/mol. The van der Waals surface area contributed by atoms with Crippen LogP contribution in [0.5, 0.6) is 0 Å². The molecule has 0 aromatic heterocycles. The molecule has 2 fully saturated rings. The average Bonchev–Trinajstić information content (AvgIpc) is 2.98. The minimum atomic E-state index is -3.44. The van der Waals surface area contributed by atoms with Gasteiger partial charge in [0.25, 0.3) is 10.2 Å². The third-order valence-electron chi connectivity index (χ3n) is 4.07. The molecule has 21 heavy (non-hydrogen) atoms. The molecule has 0 aromatic rings. The quantitative estimate of drug-likeness (QED) is 0.761. The summed E-state index contributed by atoms with van der Waals surface area (Å²) in [5.74, 6) is -0.334. The van der Waals surface area contributed by atoms with Crippen molar-refractivity contribution >= 4 is 16.1 Å². The predicted octanol–water partition coefficient (Wildman–Crippen LogP) is -0.200.